The third-order valence-electron chi connectivity index (χ3n) is 5.06. The van der Waals surface area contributed by atoms with Crippen LogP contribution >= 0.6 is 15.9 Å². The summed E-state index contributed by atoms with van der Waals surface area (Å²) in [5.74, 6) is -0.0426. The summed E-state index contributed by atoms with van der Waals surface area (Å²) in [4.78, 5) is 26.7. The van der Waals surface area contributed by atoms with Gasteiger partial charge in [-0.2, -0.15) is 0 Å². The standard InChI is InChI=1S/C22H25BrN2O2/c1-15-5-7-17(8-6-15)20(24-16(2)26)14-22(27)25-13-3-4-21(25)18-9-11-19(23)12-10-18/h5-12,20-21H,3-4,13-14H2,1-2H3,(H,24,26). The quantitative estimate of drug-likeness (QED) is 0.750. The van der Waals surface area contributed by atoms with Gasteiger partial charge in [0.25, 0.3) is 0 Å². The maximum absolute atomic E-state index is 13.1. The van der Waals surface area contributed by atoms with Gasteiger partial charge < -0.3 is 10.2 Å². The zero-order valence-electron chi connectivity index (χ0n) is 15.7. The van der Waals surface area contributed by atoms with Crippen molar-refractivity contribution in [2.45, 2.75) is 45.2 Å². The van der Waals surface area contributed by atoms with Gasteiger partial charge in [-0.25, -0.2) is 0 Å². The second-order valence-electron chi connectivity index (χ2n) is 7.16. The molecule has 2 aromatic rings. The summed E-state index contributed by atoms with van der Waals surface area (Å²) in [5, 5.41) is 2.94. The number of hydrogen-bond acceptors (Lipinski definition) is 2. The highest BCUT2D eigenvalue weighted by molar-refractivity contribution is 9.10. The lowest BCUT2D eigenvalue weighted by atomic mass is 10.0. The number of nitrogens with zero attached hydrogens (tertiary/aromatic N) is 1. The number of carbonyl (C=O) groups excluding carboxylic acids is 2. The van der Waals surface area contributed by atoms with Crippen LogP contribution in [0.4, 0.5) is 0 Å². The number of rotatable bonds is 5. The third-order valence-corrected chi connectivity index (χ3v) is 5.59. The number of hydrogen-bond donors (Lipinski definition) is 1. The molecule has 2 amide bonds. The summed E-state index contributed by atoms with van der Waals surface area (Å²) in [6.45, 7) is 4.28. The van der Waals surface area contributed by atoms with Gasteiger partial charge >= 0.3 is 0 Å². The molecular weight excluding hydrogens is 404 g/mol. The first-order valence-electron chi connectivity index (χ1n) is 9.32. The number of benzene rings is 2. The van der Waals surface area contributed by atoms with Crippen LogP contribution in [0.25, 0.3) is 0 Å². The van der Waals surface area contributed by atoms with Crippen LogP contribution in [0.5, 0.6) is 0 Å². The van der Waals surface area contributed by atoms with Gasteiger partial charge in [-0.15, -0.1) is 0 Å². The second-order valence-corrected chi connectivity index (χ2v) is 8.08. The Kier molecular flexibility index (Phi) is 6.32. The van der Waals surface area contributed by atoms with E-state index in [1.54, 1.807) is 0 Å². The number of carbonyl (C=O) groups is 2. The smallest absolute Gasteiger partial charge is 0.225 e. The van der Waals surface area contributed by atoms with Crippen molar-refractivity contribution in [3.05, 3.63) is 69.7 Å². The van der Waals surface area contributed by atoms with E-state index in [0.29, 0.717) is 0 Å². The van der Waals surface area contributed by atoms with Crippen molar-refractivity contribution in [3.63, 3.8) is 0 Å². The van der Waals surface area contributed by atoms with Crippen LogP contribution in [-0.4, -0.2) is 23.3 Å². The van der Waals surface area contributed by atoms with E-state index < -0.39 is 0 Å². The lowest BCUT2D eigenvalue weighted by molar-refractivity contribution is -0.133. The number of aryl methyl sites for hydroxylation is 1. The van der Waals surface area contributed by atoms with Gasteiger partial charge in [0.15, 0.2) is 0 Å². The Morgan fingerprint density at radius 2 is 1.81 bits per heavy atom. The van der Waals surface area contributed by atoms with Gasteiger partial charge in [-0.05, 0) is 43.0 Å². The molecule has 1 saturated heterocycles. The Morgan fingerprint density at radius 1 is 1.15 bits per heavy atom. The van der Waals surface area contributed by atoms with Crippen LogP contribution in [0.1, 0.15) is 55.0 Å². The number of amides is 2. The van der Waals surface area contributed by atoms with E-state index in [4.69, 9.17) is 0 Å². The minimum atomic E-state index is -0.304. The van der Waals surface area contributed by atoms with Crippen molar-refractivity contribution in [2.24, 2.45) is 0 Å². The molecule has 0 saturated carbocycles. The van der Waals surface area contributed by atoms with E-state index in [1.165, 1.54) is 6.92 Å². The Morgan fingerprint density at radius 3 is 2.44 bits per heavy atom. The van der Waals surface area contributed by atoms with Gasteiger partial charge in [0.05, 0.1) is 18.5 Å². The predicted molar refractivity (Wildman–Crippen MR) is 110 cm³/mol. The van der Waals surface area contributed by atoms with E-state index in [9.17, 15) is 9.59 Å². The zero-order valence-corrected chi connectivity index (χ0v) is 17.3. The first-order valence-corrected chi connectivity index (χ1v) is 10.1. The molecule has 27 heavy (non-hydrogen) atoms. The lowest BCUT2D eigenvalue weighted by Gasteiger charge is -2.28. The largest absolute Gasteiger partial charge is 0.349 e. The van der Waals surface area contributed by atoms with Crippen LogP contribution in [0.2, 0.25) is 0 Å². The second kappa shape index (κ2) is 8.70. The highest BCUT2D eigenvalue weighted by Gasteiger charge is 2.31. The van der Waals surface area contributed by atoms with E-state index in [1.807, 2.05) is 48.2 Å². The van der Waals surface area contributed by atoms with Gasteiger partial charge in [0, 0.05) is 17.9 Å². The van der Waals surface area contributed by atoms with E-state index in [0.717, 1.165) is 40.5 Å². The summed E-state index contributed by atoms with van der Waals surface area (Å²) < 4.78 is 1.03. The van der Waals surface area contributed by atoms with Crippen molar-refractivity contribution in [1.82, 2.24) is 10.2 Å². The SMILES string of the molecule is CC(=O)NC(CC(=O)N1CCCC1c1ccc(Br)cc1)c1ccc(C)cc1. The lowest BCUT2D eigenvalue weighted by Crippen LogP contribution is -2.35. The van der Waals surface area contributed by atoms with Gasteiger partial charge in [0.1, 0.15) is 0 Å². The molecule has 142 valence electrons. The Labute approximate surface area is 169 Å². The molecule has 1 heterocycles. The summed E-state index contributed by atoms with van der Waals surface area (Å²) in [6, 6.07) is 16.0. The van der Waals surface area contributed by atoms with Crippen molar-refractivity contribution >= 4 is 27.7 Å². The predicted octanol–water partition coefficient (Wildman–Crippen LogP) is 4.69. The maximum Gasteiger partial charge on any atom is 0.225 e. The molecule has 0 radical (unpaired) electrons. The molecule has 2 atom stereocenters. The molecule has 1 aliphatic heterocycles. The maximum atomic E-state index is 13.1. The summed E-state index contributed by atoms with van der Waals surface area (Å²) >= 11 is 3.46. The minimum Gasteiger partial charge on any atom is -0.349 e. The van der Waals surface area contributed by atoms with Crippen LogP contribution in [0.3, 0.4) is 0 Å². The van der Waals surface area contributed by atoms with Gasteiger partial charge in [0.2, 0.25) is 11.8 Å². The molecule has 2 unspecified atom stereocenters. The van der Waals surface area contributed by atoms with Crippen LogP contribution < -0.4 is 5.32 Å². The minimum absolute atomic E-state index is 0.0831. The molecular formula is C22H25BrN2O2. The van der Waals surface area contributed by atoms with E-state index in [2.05, 4.69) is 33.4 Å². The van der Waals surface area contributed by atoms with Crippen molar-refractivity contribution in [3.8, 4) is 0 Å². The van der Waals surface area contributed by atoms with Crippen molar-refractivity contribution < 1.29 is 9.59 Å². The molecule has 3 rings (SSSR count). The van der Waals surface area contributed by atoms with Crippen molar-refractivity contribution in [1.29, 1.82) is 0 Å². The average molecular weight is 429 g/mol. The van der Waals surface area contributed by atoms with Crippen LogP contribution in [0, 0.1) is 6.92 Å². The van der Waals surface area contributed by atoms with Gasteiger partial charge in [-0.3, -0.25) is 9.59 Å². The first kappa shape index (κ1) is 19.6. The Hall–Kier alpha value is -2.14. The molecule has 0 aromatic heterocycles. The van der Waals surface area contributed by atoms with Crippen LogP contribution in [-0.2, 0) is 9.59 Å². The average Bonchev–Trinajstić information content (AvgIpc) is 3.12. The molecule has 0 bridgehead atoms. The van der Waals surface area contributed by atoms with Crippen molar-refractivity contribution in [2.75, 3.05) is 6.54 Å². The fraction of sp³-hybridized carbons (Fsp3) is 0.364. The third kappa shape index (κ3) is 4.98. The zero-order chi connectivity index (χ0) is 19.4. The molecule has 2 aromatic carbocycles. The normalized spacial score (nSPS) is 17.6. The molecule has 1 fully saturated rings. The fourth-order valence-corrected chi connectivity index (χ4v) is 3.95. The topological polar surface area (TPSA) is 49.4 Å². The highest BCUT2D eigenvalue weighted by atomic mass is 79.9. The number of nitrogens with one attached hydrogen (secondary N) is 1. The molecule has 4 nitrogen and oxygen atoms in total. The first-order chi connectivity index (χ1) is 12.9. The summed E-state index contributed by atoms with van der Waals surface area (Å²) in [6.07, 6.45) is 2.25. The Bertz CT molecular complexity index is 802. The highest BCUT2D eigenvalue weighted by Crippen LogP contribution is 2.34. The Balaban J connectivity index is 1.76. The molecule has 5 heteroatoms. The van der Waals surface area contributed by atoms with E-state index >= 15 is 0 Å². The number of halogens is 1. The summed E-state index contributed by atoms with van der Waals surface area (Å²) in [7, 11) is 0. The molecule has 1 N–H and O–H groups in total. The fourth-order valence-electron chi connectivity index (χ4n) is 3.68. The monoisotopic (exact) mass is 428 g/mol. The number of likely N-dealkylation sites (tertiary alicyclic amines) is 1. The van der Waals surface area contributed by atoms with Crippen LogP contribution in [0.15, 0.2) is 53.0 Å². The molecule has 0 spiro atoms. The molecule has 1 aliphatic rings. The molecule has 0 aliphatic carbocycles. The summed E-state index contributed by atoms with van der Waals surface area (Å²) in [5.41, 5.74) is 3.28. The van der Waals surface area contributed by atoms with E-state index in [-0.39, 0.29) is 30.3 Å². The van der Waals surface area contributed by atoms with Gasteiger partial charge in [-0.1, -0.05) is 57.9 Å².